The summed E-state index contributed by atoms with van der Waals surface area (Å²) in [7, 11) is 3.78. The number of piperidine rings is 1. The Hall–Kier alpha value is -3.92. The molecule has 4 heterocycles. The fourth-order valence-electron chi connectivity index (χ4n) is 4.37. The van der Waals surface area contributed by atoms with Crippen LogP contribution in [0.25, 0.3) is 22.8 Å². The molecule has 5 rings (SSSR count). The quantitative estimate of drug-likeness (QED) is 0.462. The van der Waals surface area contributed by atoms with E-state index in [-0.39, 0.29) is 17.8 Å². The maximum atomic E-state index is 13.5. The van der Waals surface area contributed by atoms with E-state index in [9.17, 15) is 9.18 Å². The zero-order valence-electron chi connectivity index (χ0n) is 19.7. The number of aryl methyl sites for hydroxylation is 2. The average molecular weight is 475 g/mol. The Morgan fingerprint density at radius 2 is 1.94 bits per heavy atom. The molecule has 0 unspecified atom stereocenters. The number of pyridine rings is 1. The third-order valence-corrected chi connectivity index (χ3v) is 6.29. The number of rotatable bonds is 6. The van der Waals surface area contributed by atoms with Crippen LogP contribution in [0.15, 0.2) is 54.9 Å². The maximum absolute atomic E-state index is 13.5. The van der Waals surface area contributed by atoms with Gasteiger partial charge in [0.2, 0.25) is 0 Å². The molecule has 1 saturated heterocycles. The number of amides is 1. The van der Waals surface area contributed by atoms with Crippen LogP contribution < -0.4 is 5.32 Å². The molecule has 3 aromatic heterocycles. The average Bonchev–Trinajstić information content (AvgIpc) is 3.44. The molecule has 10 heteroatoms. The lowest BCUT2D eigenvalue weighted by Crippen LogP contribution is -2.44. The predicted octanol–water partition coefficient (Wildman–Crippen LogP) is 2.81. The van der Waals surface area contributed by atoms with Crippen LogP contribution in [0.2, 0.25) is 0 Å². The van der Waals surface area contributed by atoms with E-state index in [0.29, 0.717) is 23.4 Å². The molecule has 1 aliphatic rings. The molecule has 1 N–H and O–H groups in total. The molecule has 0 spiro atoms. The van der Waals surface area contributed by atoms with E-state index in [4.69, 9.17) is 4.98 Å². The number of carbonyl (C=O) groups is 1. The highest BCUT2D eigenvalue weighted by atomic mass is 19.1. The molecule has 0 aliphatic carbocycles. The molecule has 0 atom stereocenters. The third kappa shape index (κ3) is 5.12. The molecule has 0 bridgehead atoms. The van der Waals surface area contributed by atoms with E-state index in [1.807, 2.05) is 20.2 Å². The van der Waals surface area contributed by atoms with Crippen molar-refractivity contribution in [3.8, 4) is 22.8 Å². The van der Waals surface area contributed by atoms with Crippen molar-refractivity contribution in [1.29, 1.82) is 0 Å². The highest BCUT2D eigenvalue weighted by Crippen LogP contribution is 2.19. The van der Waals surface area contributed by atoms with Gasteiger partial charge in [-0.3, -0.25) is 19.4 Å². The van der Waals surface area contributed by atoms with E-state index in [1.54, 1.807) is 39.8 Å². The van der Waals surface area contributed by atoms with E-state index < -0.39 is 0 Å². The fraction of sp³-hybridized carbons (Fsp3) is 0.320. The number of benzene rings is 1. The van der Waals surface area contributed by atoms with Crippen molar-refractivity contribution in [3.63, 3.8) is 0 Å². The first kappa shape index (κ1) is 22.9. The predicted molar refractivity (Wildman–Crippen MR) is 129 cm³/mol. The molecule has 1 aromatic carbocycles. The van der Waals surface area contributed by atoms with Crippen LogP contribution in [-0.4, -0.2) is 59.5 Å². The van der Waals surface area contributed by atoms with Gasteiger partial charge in [-0.05, 0) is 43.2 Å². The number of nitrogens with one attached hydrogen (secondary N) is 1. The van der Waals surface area contributed by atoms with Crippen molar-refractivity contribution < 1.29 is 9.18 Å². The summed E-state index contributed by atoms with van der Waals surface area (Å²) in [4.78, 5) is 24.1. The molecule has 1 aliphatic heterocycles. The minimum Gasteiger partial charge on any atom is -0.349 e. The maximum Gasteiger partial charge on any atom is 0.253 e. The van der Waals surface area contributed by atoms with Crippen molar-refractivity contribution in [1.82, 2.24) is 39.7 Å². The summed E-state index contributed by atoms with van der Waals surface area (Å²) >= 11 is 0. The lowest BCUT2D eigenvalue weighted by molar-refractivity contribution is 0.0907. The van der Waals surface area contributed by atoms with Gasteiger partial charge >= 0.3 is 0 Å². The number of halogens is 1. The minimum absolute atomic E-state index is 0.100. The smallest absolute Gasteiger partial charge is 0.253 e. The van der Waals surface area contributed by atoms with Gasteiger partial charge in [-0.15, -0.1) is 0 Å². The Morgan fingerprint density at radius 3 is 2.63 bits per heavy atom. The molecular weight excluding hydrogens is 447 g/mol. The molecule has 9 nitrogen and oxygen atoms in total. The number of likely N-dealkylation sites (tertiary alicyclic amines) is 1. The summed E-state index contributed by atoms with van der Waals surface area (Å²) in [6.45, 7) is 2.36. The van der Waals surface area contributed by atoms with Crippen LogP contribution in [0, 0.1) is 5.82 Å². The standard InChI is InChI=1S/C25H27FN8O/c1-32-22(8-11-28-32)24-30-23(31-33(24)2)16-34-12-9-20(10-13-34)29-25(35)18-6-7-21(27-15-18)17-4-3-5-19(26)14-17/h3-8,11,14-15,20H,9-10,12-13,16H2,1-2H3,(H,29,35). The molecule has 0 saturated carbocycles. The second-order valence-electron chi connectivity index (χ2n) is 8.78. The fourth-order valence-corrected chi connectivity index (χ4v) is 4.37. The van der Waals surface area contributed by atoms with E-state index in [0.717, 1.165) is 43.3 Å². The summed E-state index contributed by atoms with van der Waals surface area (Å²) in [5.41, 5.74) is 2.72. The van der Waals surface area contributed by atoms with Gasteiger partial charge in [-0.25, -0.2) is 14.1 Å². The second kappa shape index (κ2) is 9.75. The number of aromatic nitrogens is 6. The minimum atomic E-state index is -0.315. The number of hydrogen-bond acceptors (Lipinski definition) is 6. The van der Waals surface area contributed by atoms with E-state index in [1.165, 1.54) is 18.3 Å². The first-order valence-electron chi connectivity index (χ1n) is 11.6. The molecule has 1 fully saturated rings. The van der Waals surface area contributed by atoms with Crippen molar-refractivity contribution in [2.75, 3.05) is 13.1 Å². The molecule has 0 radical (unpaired) electrons. The summed E-state index contributed by atoms with van der Waals surface area (Å²) in [5.74, 6) is 1.11. The zero-order chi connectivity index (χ0) is 24.4. The summed E-state index contributed by atoms with van der Waals surface area (Å²) in [5, 5.41) is 11.9. The third-order valence-electron chi connectivity index (χ3n) is 6.29. The lowest BCUT2D eigenvalue weighted by atomic mass is 10.0. The second-order valence-corrected chi connectivity index (χ2v) is 8.78. The van der Waals surface area contributed by atoms with Crippen LogP contribution in [0.5, 0.6) is 0 Å². The Balaban J connectivity index is 1.13. The first-order valence-corrected chi connectivity index (χ1v) is 11.6. The van der Waals surface area contributed by atoms with E-state index >= 15 is 0 Å². The van der Waals surface area contributed by atoms with Crippen LogP contribution in [-0.2, 0) is 20.6 Å². The summed E-state index contributed by atoms with van der Waals surface area (Å²) < 4.78 is 17.0. The van der Waals surface area contributed by atoms with Gasteiger partial charge in [0, 0.05) is 51.2 Å². The van der Waals surface area contributed by atoms with Gasteiger partial charge in [-0.2, -0.15) is 10.2 Å². The Kier molecular flexibility index (Phi) is 6.37. The molecule has 35 heavy (non-hydrogen) atoms. The molecule has 1 amide bonds. The summed E-state index contributed by atoms with van der Waals surface area (Å²) in [6.07, 6.45) is 4.98. The topological polar surface area (TPSA) is 93.8 Å². The SMILES string of the molecule is Cn1nccc1-c1nc(CN2CCC(NC(=O)c3ccc(-c4cccc(F)c4)nc3)CC2)nn1C. The molecule has 4 aromatic rings. The molecular formula is C25H27FN8O. The van der Waals surface area contributed by atoms with Gasteiger partial charge < -0.3 is 5.32 Å². The van der Waals surface area contributed by atoms with Crippen molar-refractivity contribution in [2.45, 2.75) is 25.4 Å². The van der Waals surface area contributed by atoms with Gasteiger partial charge in [-0.1, -0.05) is 12.1 Å². The van der Waals surface area contributed by atoms with Gasteiger partial charge in [0.05, 0.1) is 17.8 Å². The number of hydrogen-bond donors (Lipinski definition) is 1. The van der Waals surface area contributed by atoms with Crippen LogP contribution in [0.1, 0.15) is 29.0 Å². The van der Waals surface area contributed by atoms with E-state index in [2.05, 4.69) is 25.4 Å². The zero-order valence-corrected chi connectivity index (χ0v) is 19.7. The van der Waals surface area contributed by atoms with Crippen molar-refractivity contribution in [2.24, 2.45) is 14.1 Å². The molecule has 180 valence electrons. The lowest BCUT2D eigenvalue weighted by Gasteiger charge is -2.31. The Labute approximate surface area is 202 Å². The van der Waals surface area contributed by atoms with Gasteiger partial charge in [0.15, 0.2) is 11.6 Å². The largest absolute Gasteiger partial charge is 0.349 e. The van der Waals surface area contributed by atoms with Gasteiger partial charge in [0.25, 0.3) is 5.91 Å². The first-order chi connectivity index (χ1) is 17.0. The van der Waals surface area contributed by atoms with Crippen LogP contribution in [0.4, 0.5) is 4.39 Å². The monoisotopic (exact) mass is 474 g/mol. The van der Waals surface area contributed by atoms with Crippen LogP contribution in [0.3, 0.4) is 0 Å². The highest BCUT2D eigenvalue weighted by Gasteiger charge is 2.23. The van der Waals surface area contributed by atoms with Crippen LogP contribution >= 0.6 is 0 Å². The Bertz CT molecular complexity index is 1320. The summed E-state index contributed by atoms with van der Waals surface area (Å²) in [6, 6.07) is 11.7. The Morgan fingerprint density at radius 1 is 1.11 bits per heavy atom. The number of carbonyl (C=O) groups excluding carboxylic acids is 1. The van der Waals surface area contributed by atoms with Gasteiger partial charge in [0.1, 0.15) is 11.5 Å². The van der Waals surface area contributed by atoms with Crippen molar-refractivity contribution >= 4 is 5.91 Å². The van der Waals surface area contributed by atoms with Crippen molar-refractivity contribution in [3.05, 3.63) is 72.1 Å². The number of nitrogens with zero attached hydrogens (tertiary/aromatic N) is 7. The normalized spacial score (nSPS) is 14.8. The highest BCUT2D eigenvalue weighted by molar-refractivity contribution is 5.94.